The first-order valence-corrected chi connectivity index (χ1v) is 30.7. The van der Waals surface area contributed by atoms with Gasteiger partial charge in [-0.25, -0.2) is 14.8 Å². The van der Waals surface area contributed by atoms with Crippen LogP contribution in [0.15, 0.2) is 108 Å². The zero-order valence-electron chi connectivity index (χ0n) is 49.5. The molecular formula is C66H85N3O14S. The standard InChI is InChI=1S/C66H85N3O14S/c1-47(2)62(70)78-38-14-8-6-12-36-76-54-26-30-56(31-27-54)82-64(72)51-22-18-49(19-23-51)44-80-58-34-35-60(53(42-58)43-67-69(46-75-41-40-74-5)66-68-59-16-10-11-17-61(59)84-66)81-45-50-20-24-52(25-21-50)65(73)83-57-32-28-55(29-33-57)77-37-13-7-9-15-39-79-63(71)48(3)4/h10-11,16-17,26-35,42-43,48-52H,1,6-9,12-15,18-25,36-41,44-46H2,2-5H3/b67-43+. The van der Waals surface area contributed by atoms with E-state index < -0.39 is 0 Å². The number of fused-ring (bicyclic) bond motifs is 1. The molecule has 0 unspecified atom stereocenters. The molecule has 0 bridgehead atoms. The molecule has 0 radical (unpaired) electrons. The average Bonchev–Trinajstić information content (AvgIpc) is 4.07. The molecule has 1 aromatic heterocycles. The first kappa shape index (κ1) is 64.5. The Balaban J connectivity index is 0.871. The molecule has 17 nitrogen and oxygen atoms in total. The van der Waals surface area contributed by atoms with Crippen LogP contribution in [0, 0.1) is 29.6 Å². The number of thiazole rings is 1. The molecule has 7 rings (SSSR count). The SMILES string of the molecule is C=C(C)C(=O)OCCCCCCOc1ccc(OC(=O)C2CCC(COc3ccc(OCC4CCC(C(=O)Oc5ccc(OCCCCCCOC(=O)C(C)C)cc5)CC4)c(/C=N/N(COCCOC)c4nc5ccccc5s4)c3)CC2)cc1. The van der Waals surface area contributed by atoms with Gasteiger partial charge in [0.2, 0.25) is 5.13 Å². The second-order valence-corrected chi connectivity index (χ2v) is 23.0. The van der Waals surface area contributed by atoms with Crippen molar-refractivity contribution in [1.82, 2.24) is 4.98 Å². The number of methoxy groups -OCH3 is 1. The van der Waals surface area contributed by atoms with Gasteiger partial charge in [0.15, 0.2) is 0 Å². The molecule has 84 heavy (non-hydrogen) atoms. The zero-order chi connectivity index (χ0) is 59.3. The number of ether oxygens (including phenoxy) is 10. The average molecular weight is 1180 g/mol. The number of carbonyl (C=O) groups excluding carboxylic acids is 4. The second kappa shape index (κ2) is 35.3. The Morgan fingerprint density at radius 3 is 1.69 bits per heavy atom. The first-order valence-electron chi connectivity index (χ1n) is 29.9. The number of hydrogen-bond donors (Lipinski definition) is 0. The van der Waals surface area contributed by atoms with E-state index in [4.69, 9.17) is 57.5 Å². The van der Waals surface area contributed by atoms with Crippen molar-refractivity contribution >= 4 is 56.8 Å². The number of hydrogen-bond acceptors (Lipinski definition) is 18. The Labute approximate surface area is 499 Å². The summed E-state index contributed by atoms with van der Waals surface area (Å²) in [5.41, 5.74) is 2.00. The van der Waals surface area contributed by atoms with E-state index in [0.717, 1.165) is 98.6 Å². The number of esters is 4. The van der Waals surface area contributed by atoms with Gasteiger partial charge in [0, 0.05) is 18.2 Å². The smallest absolute Gasteiger partial charge is 0.333 e. The normalized spacial score (nSPS) is 16.9. The van der Waals surface area contributed by atoms with Crippen molar-refractivity contribution in [2.75, 3.05) is 71.7 Å². The molecule has 4 aromatic carbocycles. The summed E-state index contributed by atoms with van der Waals surface area (Å²) in [6.45, 7) is 12.8. The van der Waals surface area contributed by atoms with E-state index >= 15 is 0 Å². The van der Waals surface area contributed by atoms with Gasteiger partial charge < -0.3 is 47.4 Å². The quantitative estimate of drug-likeness (QED) is 0.00699. The Morgan fingerprint density at radius 2 is 1.14 bits per heavy atom. The van der Waals surface area contributed by atoms with Crippen molar-refractivity contribution in [2.45, 2.75) is 124 Å². The number of nitrogens with zero attached hydrogens (tertiary/aromatic N) is 3. The third-order valence-corrected chi connectivity index (χ3v) is 15.8. The van der Waals surface area contributed by atoms with Crippen LogP contribution < -0.4 is 33.4 Å². The van der Waals surface area contributed by atoms with Crippen LogP contribution in [0.1, 0.15) is 129 Å². The molecule has 2 aliphatic carbocycles. The van der Waals surface area contributed by atoms with Crippen molar-refractivity contribution < 1.29 is 66.5 Å². The molecule has 2 aliphatic rings. The highest BCUT2D eigenvalue weighted by atomic mass is 32.1. The highest BCUT2D eigenvalue weighted by Crippen LogP contribution is 2.35. The van der Waals surface area contributed by atoms with Crippen molar-refractivity contribution in [3.05, 3.63) is 109 Å². The van der Waals surface area contributed by atoms with Crippen LogP contribution in [0.25, 0.3) is 10.2 Å². The molecule has 0 N–H and O–H groups in total. The molecule has 454 valence electrons. The van der Waals surface area contributed by atoms with Crippen LogP contribution >= 0.6 is 11.3 Å². The molecule has 2 saturated carbocycles. The number of unbranched alkanes of at least 4 members (excludes halogenated alkanes) is 6. The molecule has 0 amide bonds. The summed E-state index contributed by atoms with van der Waals surface area (Å²) >= 11 is 1.53. The lowest BCUT2D eigenvalue weighted by molar-refractivity contribution is -0.147. The van der Waals surface area contributed by atoms with Crippen LogP contribution in [-0.4, -0.2) is 102 Å². The predicted molar refractivity (Wildman–Crippen MR) is 324 cm³/mol. The minimum absolute atomic E-state index is 0.106. The van der Waals surface area contributed by atoms with Gasteiger partial charge in [-0.15, -0.1) is 0 Å². The minimum atomic E-state index is -0.351. The lowest BCUT2D eigenvalue weighted by atomic mass is 9.82. The van der Waals surface area contributed by atoms with Gasteiger partial charge in [-0.2, -0.15) is 5.10 Å². The second-order valence-electron chi connectivity index (χ2n) is 21.9. The first-order chi connectivity index (χ1) is 40.9. The lowest BCUT2D eigenvalue weighted by Gasteiger charge is -2.28. The fourth-order valence-corrected chi connectivity index (χ4v) is 10.6. The van der Waals surface area contributed by atoms with E-state index in [9.17, 15) is 19.2 Å². The summed E-state index contributed by atoms with van der Waals surface area (Å²) < 4.78 is 59.1. The maximum atomic E-state index is 13.3. The molecule has 2 fully saturated rings. The Hall–Kier alpha value is -7.02. The molecule has 0 saturated heterocycles. The van der Waals surface area contributed by atoms with Crippen LogP contribution in [0.2, 0.25) is 0 Å². The van der Waals surface area contributed by atoms with Gasteiger partial charge in [0.05, 0.1) is 87.0 Å². The molecular weight excluding hydrogens is 1090 g/mol. The van der Waals surface area contributed by atoms with E-state index in [1.54, 1.807) is 49.5 Å². The van der Waals surface area contributed by atoms with E-state index in [1.807, 2.05) is 80.6 Å². The molecule has 0 spiro atoms. The summed E-state index contributed by atoms with van der Waals surface area (Å²) in [6.07, 6.45) is 15.1. The van der Waals surface area contributed by atoms with Gasteiger partial charge in [0.25, 0.3) is 0 Å². The van der Waals surface area contributed by atoms with Crippen LogP contribution in [0.3, 0.4) is 0 Å². The predicted octanol–water partition coefficient (Wildman–Crippen LogP) is 13.5. The maximum Gasteiger partial charge on any atom is 0.333 e. The van der Waals surface area contributed by atoms with Crippen LogP contribution in [0.5, 0.6) is 34.5 Å². The van der Waals surface area contributed by atoms with Crippen LogP contribution in [0.4, 0.5) is 5.13 Å². The van der Waals surface area contributed by atoms with Gasteiger partial charge in [-0.3, -0.25) is 14.4 Å². The third-order valence-electron chi connectivity index (χ3n) is 14.8. The summed E-state index contributed by atoms with van der Waals surface area (Å²) in [6, 6.07) is 28.1. The number of rotatable bonds is 36. The number of carbonyl (C=O) groups is 4. The van der Waals surface area contributed by atoms with Crippen LogP contribution in [-0.2, 0) is 38.1 Å². The van der Waals surface area contributed by atoms with Crippen molar-refractivity contribution in [2.24, 2.45) is 34.7 Å². The van der Waals surface area contributed by atoms with Gasteiger partial charge in [-0.05, 0) is 200 Å². The zero-order valence-corrected chi connectivity index (χ0v) is 50.3. The number of para-hydroxylation sites is 1. The molecule has 1 heterocycles. The number of benzene rings is 4. The third kappa shape index (κ3) is 22.2. The van der Waals surface area contributed by atoms with Crippen molar-refractivity contribution in [1.29, 1.82) is 0 Å². The highest BCUT2D eigenvalue weighted by Gasteiger charge is 2.30. The fraction of sp³-hybridized carbons (Fsp3) is 0.515. The van der Waals surface area contributed by atoms with E-state index in [-0.39, 0.29) is 60.2 Å². The fourth-order valence-electron chi connectivity index (χ4n) is 9.66. The number of hydrazone groups is 1. The number of anilines is 1. The highest BCUT2D eigenvalue weighted by molar-refractivity contribution is 7.22. The van der Waals surface area contributed by atoms with Gasteiger partial charge >= 0.3 is 23.9 Å². The largest absolute Gasteiger partial charge is 0.494 e. The minimum Gasteiger partial charge on any atom is -0.494 e. The molecule has 0 atom stereocenters. The monoisotopic (exact) mass is 1180 g/mol. The summed E-state index contributed by atoms with van der Waals surface area (Å²) in [5.74, 6) is 2.78. The summed E-state index contributed by atoms with van der Waals surface area (Å²) in [5, 5.41) is 7.34. The van der Waals surface area contributed by atoms with Crippen molar-refractivity contribution in [3.8, 4) is 34.5 Å². The Morgan fingerprint density at radius 1 is 0.619 bits per heavy atom. The van der Waals surface area contributed by atoms with E-state index in [2.05, 4.69) is 6.58 Å². The maximum absolute atomic E-state index is 13.3. The summed E-state index contributed by atoms with van der Waals surface area (Å²) in [7, 11) is 1.63. The molecule has 0 aliphatic heterocycles. The van der Waals surface area contributed by atoms with Crippen molar-refractivity contribution in [3.63, 3.8) is 0 Å². The number of aromatic nitrogens is 1. The molecule has 5 aromatic rings. The van der Waals surface area contributed by atoms with E-state index in [1.165, 1.54) is 11.3 Å². The van der Waals surface area contributed by atoms with E-state index in [0.29, 0.717) is 118 Å². The lowest BCUT2D eigenvalue weighted by Crippen LogP contribution is -2.28. The van der Waals surface area contributed by atoms with Gasteiger partial charge in [0.1, 0.15) is 41.2 Å². The molecule has 18 heteroatoms. The Kier molecular flexibility index (Phi) is 27.1. The Bertz CT molecular complexity index is 2810. The topological polar surface area (TPSA) is 189 Å². The van der Waals surface area contributed by atoms with Gasteiger partial charge in [-0.1, -0.05) is 43.9 Å². The summed E-state index contributed by atoms with van der Waals surface area (Å²) in [4.78, 5) is 54.6.